The molecule has 0 saturated carbocycles. The molecular formula is C60H41N3Si. The average Bonchev–Trinajstić information content (AvgIpc) is 4.01. The van der Waals surface area contributed by atoms with Gasteiger partial charge in [0.1, 0.15) is 0 Å². The summed E-state index contributed by atoms with van der Waals surface area (Å²) < 4.78 is 7.38. The molecule has 0 saturated heterocycles. The Morgan fingerprint density at radius 1 is 0.234 bits per heavy atom. The predicted molar refractivity (Wildman–Crippen MR) is 273 cm³/mol. The van der Waals surface area contributed by atoms with Crippen molar-refractivity contribution in [2.75, 3.05) is 0 Å². The summed E-state index contributed by atoms with van der Waals surface area (Å²) in [6.07, 6.45) is 0. The van der Waals surface area contributed by atoms with Crippen molar-refractivity contribution in [2.24, 2.45) is 0 Å². The molecule has 0 radical (unpaired) electrons. The summed E-state index contributed by atoms with van der Waals surface area (Å²) in [5.41, 5.74) is 10.7. The second-order valence-electron chi connectivity index (χ2n) is 16.8. The van der Waals surface area contributed by atoms with Crippen LogP contribution in [0.1, 0.15) is 0 Å². The Bertz CT molecular complexity index is 3830. The van der Waals surface area contributed by atoms with Gasteiger partial charge in [0.2, 0.25) is 0 Å². The third kappa shape index (κ3) is 5.27. The zero-order valence-electron chi connectivity index (χ0n) is 35.0. The number of aromatic nitrogens is 3. The van der Waals surface area contributed by atoms with Crippen molar-refractivity contribution >= 4 is 94.2 Å². The van der Waals surface area contributed by atoms with Crippen molar-refractivity contribution < 1.29 is 0 Å². The largest absolute Gasteiger partial charge is 0.309 e. The van der Waals surface area contributed by atoms with Crippen LogP contribution < -0.4 is 20.7 Å². The van der Waals surface area contributed by atoms with Crippen LogP contribution in [0.2, 0.25) is 0 Å². The summed E-state index contributed by atoms with van der Waals surface area (Å²) in [6.45, 7) is 0. The number of para-hydroxylation sites is 5. The fraction of sp³-hybridized carbons (Fsp3) is 0. The molecule has 0 aliphatic heterocycles. The number of hydrogen-bond acceptors (Lipinski definition) is 0. The molecule has 3 heterocycles. The second-order valence-corrected chi connectivity index (χ2v) is 20.7. The Kier molecular flexibility index (Phi) is 8.23. The molecule has 0 fully saturated rings. The van der Waals surface area contributed by atoms with Gasteiger partial charge in [-0.3, -0.25) is 0 Å². The van der Waals surface area contributed by atoms with Crippen LogP contribution in [0.25, 0.3) is 82.5 Å². The maximum Gasteiger partial charge on any atom is 0.179 e. The molecule has 0 aliphatic rings. The molecule has 4 heteroatoms. The molecule has 0 aliphatic carbocycles. The molecule has 0 unspecified atom stereocenters. The lowest BCUT2D eigenvalue weighted by atomic mass is 10.1. The minimum Gasteiger partial charge on any atom is -0.309 e. The van der Waals surface area contributed by atoms with Gasteiger partial charge in [-0.15, -0.1) is 0 Å². The van der Waals surface area contributed by atoms with E-state index in [2.05, 4.69) is 262 Å². The first-order valence-corrected chi connectivity index (χ1v) is 24.1. The Balaban J connectivity index is 1.09. The Morgan fingerprint density at radius 3 is 1.22 bits per heavy atom. The number of rotatable bonds is 7. The third-order valence-electron chi connectivity index (χ3n) is 13.6. The topological polar surface area (TPSA) is 14.8 Å². The first kappa shape index (κ1) is 36.5. The van der Waals surface area contributed by atoms with Crippen molar-refractivity contribution in [3.8, 4) is 17.1 Å². The predicted octanol–water partition coefficient (Wildman–Crippen LogP) is 12.4. The molecule has 3 nitrogen and oxygen atoms in total. The lowest BCUT2D eigenvalue weighted by Crippen LogP contribution is -2.74. The smallest absolute Gasteiger partial charge is 0.179 e. The summed E-state index contributed by atoms with van der Waals surface area (Å²) in [7, 11) is -2.95. The highest BCUT2D eigenvalue weighted by molar-refractivity contribution is 7.20. The van der Waals surface area contributed by atoms with E-state index in [-0.39, 0.29) is 0 Å². The first-order chi connectivity index (χ1) is 31.8. The van der Waals surface area contributed by atoms with Gasteiger partial charge >= 0.3 is 0 Å². The molecule has 13 rings (SSSR count). The van der Waals surface area contributed by atoms with Crippen LogP contribution in [0, 0.1) is 0 Å². The van der Waals surface area contributed by atoms with Gasteiger partial charge in [-0.2, -0.15) is 0 Å². The Hall–Kier alpha value is -8.18. The molecular weight excluding hydrogens is 791 g/mol. The molecule has 0 spiro atoms. The van der Waals surface area contributed by atoms with Gasteiger partial charge in [0.15, 0.2) is 8.07 Å². The van der Waals surface area contributed by atoms with E-state index in [1.807, 2.05) is 0 Å². The van der Waals surface area contributed by atoms with Gasteiger partial charge in [-0.1, -0.05) is 182 Å². The van der Waals surface area contributed by atoms with E-state index in [1.54, 1.807) is 0 Å². The van der Waals surface area contributed by atoms with E-state index >= 15 is 0 Å². The molecule has 3 aromatic heterocycles. The number of nitrogens with zero attached hydrogens (tertiary/aromatic N) is 3. The molecule has 10 aromatic carbocycles. The number of fused-ring (bicyclic) bond motifs is 10. The molecule has 0 bridgehead atoms. The normalized spacial score (nSPS) is 12.1. The van der Waals surface area contributed by atoms with Crippen LogP contribution in [0.4, 0.5) is 0 Å². The number of hydrogen-bond donors (Lipinski definition) is 0. The van der Waals surface area contributed by atoms with E-state index in [0.717, 1.165) is 17.1 Å². The van der Waals surface area contributed by atoms with Crippen molar-refractivity contribution in [1.82, 2.24) is 13.7 Å². The number of benzene rings is 10. The van der Waals surface area contributed by atoms with Crippen molar-refractivity contribution in [3.63, 3.8) is 0 Å². The molecule has 0 amide bonds. The summed E-state index contributed by atoms with van der Waals surface area (Å²) in [5.74, 6) is 0. The second kappa shape index (κ2) is 14.5. The minimum absolute atomic E-state index is 1.14. The summed E-state index contributed by atoms with van der Waals surface area (Å²) in [4.78, 5) is 0. The molecule has 0 N–H and O–H groups in total. The van der Waals surface area contributed by atoms with Crippen LogP contribution in [0.5, 0.6) is 0 Å². The van der Waals surface area contributed by atoms with E-state index in [1.165, 1.54) is 86.2 Å². The minimum atomic E-state index is -2.95. The molecule has 300 valence electrons. The fourth-order valence-corrected chi connectivity index (χ4v) is 15.7. The maximum absolute atomic E-state index is 2.95. The Morgan fingerprint density at radius 2 is 0.625 bits per heavy atom. The zero-order chi connectivity index (χ0) is 42.2. The SMILES string of the molecule is c1ccc(-n2c3ccccc3c3ccc([Si](c4ccccc4)(c4ccccc4)c4ccc(-n5c6ccccc6c6ccc7c(c8ccccc8n7-c7ccccc7)c65)cc4)cc32)cc1. The van der Waals surface area contributed by atoms with E-state index in [9.17, 15) is 0 Å². The lowest BCUT2D eigenvalue weighted by Gasteiger charge is -2.34. The van der Waals surface area contributed by atoms with Crippen LogP contribution in [-0.2, 0) is 0 Å². The van der Waals surface area contributed by atoms with Crippen LogP contribution >= 0.6 is 0 Å². The van der Waals surface area contributed by atoms with Crippen LogP contribution in [-0.4, -0.2) is 21.8 Å². The summed E-state index contributed by atoms with van der Waals surface area (Å²) in [5, 5.41) is 12.9. The van der Waals surface area contributed by atoms with Gasteiger partial charge in [0.25, 0.3) is 0 Å². The maximum atomic E-state index is 2.51. The van der Waals surface area contributed by atoms with Crippen molar-refractivity contribution in [2.45, 2.75) is 0 Å². The van der Waals surface area contributed by atoms with Crippen molar-refractivity contribution in [1.29, 1.82) is 0 Å². The molecule has 13 aromatic rings. The van der Waals surface area contributed by atoms with E-state index < -0.39 is 8.07 Å². The van der Waals surface area contributed by atoms with Gasteiger partial charge in [0, 0.05) is 49.4 Å². The lowest BCUT2D eigenvalue weighted by molar-refractivity contribution is 1.17. The molecule has 0 atom stereocenters. The highest BCUT2D eigenvalue weighted by atomic mass is 28.3. The van der Waals surface area contributed by atoms with E-state index in [0.29, 0.717) is 0 Å². The quantitative estimate of drug-likeness (QED) is 0.112. The highest BCUT2D eigenvalue weighted by Gasteiger charge is 2.42. The average molecular weight is 832 g/mol. The van der Waals surface area contributed by atoms with Crippen LogP contribution in [0.15, 0.2) is 249 Å². The summed E-state index contributed by atoms with van der Waals surface area (Å²) >= 11 is 0. The first-order valence-electron chi connectivity index (χ1n) is 22.1. The third-order valence-corrected chi connectivity index (χ3v) is 18.4. The van der Waals surface area contributed by atoms with Gasteiger partial charge in [0.05, 0.1) is 33.1 Å². The molecule has 64 heavy (non-hydrogen) atoms. The highest BCUT2D eigenvalue weighted by Crippen LogP contribution is 2.42. The van der Waals surface area contributed by atoms with Crippen LogP contribution in [0.3, 0.4) is 0 Å². The van der Waals surface area contributed by atoms with Gasteiger partial charge < -0.3 is 13.7 Å². The van der Waals surface area contributed by atoms with E-state index in [4.69, 9.17) is 0 Å². The summed E-state index contributed by atoms with van der Waals surface area (Å²) in [6, 6.07) is 92.3. The fourth-order valence-electron chi connectivity index (χ4n) is 10.9. The van der Waals surface area contributed by atoms with Gasteiger partial charge in [-0.25, -0.2) is 0 Å². The van der Waals surface area contributed by atoms with Gasteiger partial charge in [-0.05, 0) is 87.5 Å². The standard InChI is InChI=1S/C60H41N3Si/c1-5-19-42(20-6-1)61-56-32-18-15-29-53(56)59-57(61)40-39-52-50-28-14-17-31-55(50)63(60(52)59)44-33-35-47(36-34-44)64(45-23-9-3-10-24-45,46-25-11-4-12-26-46)48-37-38-51-49-27-13-16-30-54(49)62(58(51)41-48)43-21-7-2-8-22-43/h1-41H. The van der Waals surface area contributed by atoms with Crippen molar-refractivity contribution in [3.05, 3.63) is 249 Å². The zero-order valence-corrected chi connectivity index (χ0v) is 36.0. The monoisotopic (exact) mass is 831 g/mol. The Labute approximate surface area is 372 Å².